The maximum atomic E-state index is 12.1. The molecule has 2 aromatic carbocycles. The Labute approximate surface area is 141 Å². The molecular weight excluding hydrogens is 306 g/mol. The molecule has 0 aliphatic rings. The molecule has 5 nitrogen and oxygen atoms in total. The number of nitrogens with one attached hydrogen (secondary N) is 1. The Hall–Kier alpha value is -2.66. The van der Waals surface area contributed by atoms with E-state index in [1.54, 1.807) is 12.1 Å². The van der Waals surface area contributed by atoms with E-state index in [4.69, 9.17) is 9.84 Å². The minimum absolute atomic E-state index is 0.148. The van der Waals surface area contributed by atoms with Gasteiger partial charge in [-0.1, -0.05) is 36.4 Å². The van der Waals surface area contributed by atoms with Crippen molar-refractivity contribution in [2.75, 3.05) is 6.61 Å². The Bertz CT molecular complexity index is 712. The van der Waals surface area contributed by atoms with E-state index in [-0.39, 0.29) is 17.9 Å². The summed E-state index contributed by atoms with van der Waals surface area (Å²) in [5, 5.41) is 11.9. The molecule has 24 heavy (non-hydrogen) atoms. The van der Waals surface area contributed by atoms with Crippen LogP contribution in [-0.4, -0.2) is 23.6 Å². The van der Waals surface area contributed by atoms with Gasteiger partial charge in [-0.3, -0.25) is 4.79 Å². The van der Waals surface area contributed by atoms with Crippen molar-refractivity contribution in [1.82, 2.24) is 5.32 Å². The Morgan fingerprint density at radius 1 is 1.08 bits per heavy atom. The van der Waals surface area contributed by atoms with Crippen molar-refractivity contribution in [2.24, 2.45) is 0 Å². The molecule has 0 unspecified atom stereocenters. The summed E-state index contributed by atoms with van der Waals surface area (Å²) in [6.07, 6.45) is 0.148. The van der Waals surface area contributed by atoms with Crippen molar-refractivity contribution in [3.05, 3.63) is 70.8 Å². The number of aromatic carboxylic acids is 1. The molecule has 5 heteroatoms. The van der Waals surface area contributed by atoms with Gasteiger partial charge in [0.1, 0.15) is 0 Å². The third-order valence-corrected chi connectivity index (χ3v) is 3.59. The van der Waals surface area contributed by atoms with Crippen LogP contribution >= 0.6 is 0 Å². The molecule has 0 aliphatic heterocycles. The molecule has 0 saturated heterocycles. The topological polar surface area (TPSA) is 75.6 Å². The Morgan fingerprint density at radius 3 is 2.54 bits per heavy atom. The van der Waals surface area contributed by atoms with Gasteiger partial charge in [-0.25, -0.2) is 4.79 Å². The number of hydrogen-bond acceptors (Lipinski definition) is 3. The first-order valence-electron chi connectivity index (χ1n) is 7.83. The monoisotopic (exact) mass is 327 g/mol. The van der Waals surface area contributed by atoms with Gasteiger partial charge in [-0.2, -0.15) is 0 Å². The zero-order valence-electron chi connectivity index (χ0n) is 13.6. The molecule has 0 aromatic heterocycles. The van der Waals surface area contributed by atoms with E-state index in [1.165, 1.54) is 12.1 Å². The minimum atomic E-state index is -0.998. The first-order chi connectivity index (χ1) is 11.6. The number of hydrogen-bond donors (Lipinski definition) is 2. The molecule has 126 valence electrons. The molecule has 0 fully saturated rings. The first-order valence-corrected chi connectivity index (χ1v) is 7.83. The van der Waals surface area contributed by atoms with Crippen molar-refractivity contribution in [3.8, 4) is 0 Å². The lowest BCUT2D eigenvalue weighted by Gasteiger charge is -2.11. The number of carboxylic acids is 1. The number of carbonyl (C=O) groups excluding carboxylic acids is 1. The highest BCUT2D eigenvalue weighted by Gasteiger charge is 2.08. The van der Waals surface area contributed by atoms with Gasteiger partial charge in [0.15, 0.2) is 0 Å². The van der Waals surface area contributed by atoms with Crippen molar-refractivity contribution in [1.29, 1.82) is 0 Å². The van der Waals surface area contributed by atoms with Crippen LogP contribution in [0.2, 0.25) is 0 Å². The summed E-state index contributed by atoms with van der Waals surface area (Å²) in [4.78, 5) is 23.1. The van der Waals surface area contributed by atoms with E-state index in [9.17, 15) is 9.59 Å². The van der Waals surface area contributed by atoms with Crippen LogP contribution in [0.25, 0.3) is 0 Å². The molecule has 0 spiro atoms. The van der Waals surface area contributed by atoms with E-state index < -0.39 is 5.97 Å². The Morgan fingerprint density at radius 2 is 1.83 bits per heavy atom. The second-order valence-corrected chi connectivity index (χ2v) is 5.36. The molecule has 0 aliphatic carbocycles. The number of carboxylic acid groups (broad SMARTS) is 1. The number of rotatable bonds is 8. The molecule has 0 bridgehead atoms. The van der Waals surface area contributed by atoms with Crippen LogP contribution in [0.3, 0.4) is 0 Å². The average molecular weight is 327 g/mol. The van der Waals surface area contributed by atoms with Gasteiger partial charge < -0.3 is 15.2 Å². The lowest BCUT2D eigenvalue weighted by atomic mass is 10.1. The fourth-order valence-electron chi connectivity index (χ4n) is 2.34. The highest BCUT2D eigenvalue weighted by atomic mass is 16.5. The van der Waals surface area contributed by atoms with Gasteiger partial charge >= 0.3 is 5.97 Å². The summed E-state index contributed by atoms with van der Waals surface area (Å²) in [6, 6.07) is 14.2. The van der Waals surface area contributed by atoms with Crippen LogP contribution in [-0.2, 0) is 29.1 Å². The second-order valence-electron chi connectivity index (χ2n) is 5.36. The molecule has 0 heterocycles. The summed E-state index contributed by atoms with van der Waals surface area (Å²) in [5.74, 6) is -1.15. The standard InChI is InChI=1S/C19H21NO4/c1-2-24-13-17-8-4-3-7-16(17)12-20-18(21)11-14-6-5-9-15(10-14)19(22)23/h3-10H,2,11-13H2,1H3,(H,20,21)(H,22,23). The van der Waals surface area contributed by atoms with Crippen LogP contribution in [0.15, 0.2) is 48.5 Å². The normalized spacial score (nSPS) is 10.4. The fraction of sp³-hybridized carbons (Fsp3) is 0.263. The summed E-state index contributed by atoms with van der Waals surface area (Å²) >= 11 is 0. The molecule has 2 aromatic rings. The van der Waals surface area contributed by atoms with Crippen molar-refractivity contribution < 1.29 is 19.4 Å². The molecule has 2 rings (SSSR count). The summed E-state index contributed by atoms with van der Waals surface area (Å²) in [7, 11) is 0. The third kappa shape index (κ3) is 5.21. The zero-order chi connectivity index (χ0) is 17.4. The smallest absolute Gasteiger partial charge is 0.335 e. The predicted molar refractivity (Wildman–Crippen MR) is 90.7 cm³/mol. The summed E-state index contributed by atoms with van der Waals surface area (Å²) < 4.78 is 5.43. The van der Waals surface area contributed by atoms with Crippen LogP contribution in [0.4, 0.5) is 0 Å². The van der Waals surface area contributed by atoms with Gasteiger partial charge in [0.25, 0.3) is 0 Å². The molecule has 0 saturated carbocycles. The second kappa shape index (κ2) is 8.84. The minimum Gasteiger partial charge on any atom is -0.478 e. The SMILES string of the molecule is CCOCc1ccccc1CNC(=O)Cc1cccc(C(=O)O)c1. The number of carbonyl (C=O) groups is 2. The van der Waals surface area contributed by atoms with Crippen LogP contribution in [0.1, 0.15) is 34.0 Å². The first kappa shape index (κ1) is 17.7. The van der Waals surface area contributed by atoms with Gasteiger partial charge in [0.2, 0.25) is 5.91 Å². The van der Waals surface area contributed by atoms with Gasteiger partial charge in [-0.15, -0.1) is 0 Å². The molecule has 2 N–H and O–H groups in total. The van der Waals surface area contributed by atoms with Gasteiger partial charge in [0.05, 0.1) is 18.6 Å². The lowest BCUT2D eigenvalue weighted by Crippen LogP contribution is -2.25. The predicted octanol–water partition coefficient (Wildman–Crippen LogP) is 2.78. The van der Waals surface area contributed by atoms with E-state index in [2.05, 4.69) is 5.32 Å². The molecular formula is C19H21NO4. The molecule has 0 radical (unpaired) electrons. The van der Waals surface area contributed by atoms with Crippen molar-refractivity contribution in [3.63, 3.8) is 0 Å². The average Bonchev–Trinajstić information content (AvgIpc) is 2.59. The summed E-state index contributed by atoms with van der Waals surface area (Å²) in [5.41, 5.74) is 2.92. The number of benzene rings is 2. The quantitative estimate of drug-likeness (QED) is 0.782. The zero-order valence-corrected chi connectivity index (χ0v) is 13.6. The van der Waals surface area contributed by atoms with Crippen molar-refractivity contribution >= 4 is 11.9 Å². The number of amides is 1. The van der Waals surface area contributed by atoms with Crippen molar-refractivity contribution in [2.45, 2.75) is 26.5 Å². The van der Waals surface area contributed by atoms with E-state index >= 15 is 0 Å². The maximum Gasteiger partial charge on any atom is 0.335 e. The van der Waals surface area contributed by atoms with Crippen LogP contribution < -0.4 is 5.32 Å². The van der Waals surface area contributed by atoms with Crippen LogP contribution in [0, 0.1) is 0 Å². The largest absolute Gasteiger partial charge is 0.478 e. The van der Waals surface area contributed by atoms with Gasteiger partial charge in [0, 0.05) is 13.2 Å². The Kier molecular flexibility index (Phi) is 6.51. The van der Waals surface area contributed by atoms with Crippen LogP contribution in [0.5, 0.6) is 0 Å². The summed E-state index contributed by atoms with van der Waals surface area (Å²) in [6.45, 7) is 3.51. The highest BCUT2D eigenvalue weighted by Crippen LogP contribution is 2.11. The molecule has 1 amide bonds. The number of ether oxygens (including phenoxy) is 1. The highest BCUT2D eigenvalue weighted by molar-refractivity contribution is 5.88. The lowest BCUT2D eigenvalue weighted by molar-refractivity contribution is -0.120. The van der Waals surface area contributed by atoms with E-state index in [0.717, 1.165) is 11.1 Å². The molecule has 0 atom stereocenters. The van der Waals surface area contributed by atoms with Gasteiger partial charge in [-0.05, 0) is 35.7 Å². The fourth-order valence-corrected chi connectivity index (χ4v) is 2.34. The maximum absolute atomic E-state index is 12.1. The Balaban J connectivity index is 1.94. The van der Waals surface area contributed by atoms with E-state index in [0.29, 0.717) is 25.3 Å². The van der Waals surface area contributed by atoms with E-state index in [1.807, 2.05) is 31.2 Å². The third-order valence-electron chi connectivity index (χ3n) is 3.59.